The number of nitrogens with one attached hydrogen (secondary N) is 2. The van der Waals surface area contributed by atoms with Crippen LogP contribution in [0.2, 0.25) is 0 Å². The standard InChI is InChI=1S/C17H12BrN3O2/c18-12-7-5-11(6-8-12)10-19-21-17(23)14-9-16(22)20-15-4-2-1-3-13(14)15/h1-10H,(H,20,22)(H,21,23)/b19-10+. The van der Waals surface area contributed by atoms with Crippen LogP contribution in [0.5, 0.6) is 0 Å². The molecule has 0 aliphatic carbocycles. The van der Waals surface area contributed by atoms with Crippen molar-refractivity contribution in [1.29, 1.82) is 0 Å². The average molecular weight is 370 g/mol. The third-order valence-corrected chi connectivity index (χ3v) is 3.77. The Kier molecular flexibility index (Phi) is 4.34. The fourth-order valence-corrected chi connectivity index (χ4v) is 2.43. The molecule has 114 valence electrons. The third-order valence-electron chi connectivity index (χ3n) is 3.24. The molecule has 1 amide bonds. The van der Waals surface area contributed by atoms with E-state index in [1.807, 2.05) is 30.3 Å². The Morgan fingerprint density at radius 2 is 1.87 bits per heavy atom. The summed E-state index contributed by atoms with van der Waals surface area (Å²) in [4.78, 5) is 26.6. The minimum absolute atomic E-state index is 0.289. The lowest BCUT2D eigenvalue weighted by Gasteiger charge is -2.04. The van der Waals surface area contributed by atoms with Gasteiger partial charge in [-0.25, -0.2) is 5.43 Å². The number of aromatic amines is 1. The molecule has 0 aliphatic heterocycles. The first-order valence-electron chi connectivity index (χ1n) is 6.84. The Bertz CT molecular complexity index is 946. The lowest BCUT2D eigenvalue weighted by atomic mass is 10.1. The second kappa shape index (κ2) is 6.58. The summed E-state index contributed by atoms with van der Waals surface area (Å²) in [5.74, 6) is -0.430. The number of amides is 1. The first-order chi connectivity index (χ1) is 11.1. The van der Waals surface area contributed by atoms with Crippen molar-refractivity contribution in [3.8, 4) is 0 Å². The van der Waals surface area contributed by atoms with E-state index in [1.165, 1.54) is 6.07 Å². The van der Waals surface area contributed by atoms with Crippen molar-refractivity contribution < 1.29 is 4.79 Å². The molecular formula is C17H12BrN3O2. The highest BCUT2D eigenvalue weighted by molar-refractivity contribution is 9.10. The first kappa shape index (κ1) is 15.2. The van der Waals surface area contributed by atoms with Crippen molar-refractivity contribution in [3.05, 3.63) is 80.6 Å². The van der Waals surface area contributed by atoms with Gasteiger partial charge in [0.2, 0.25) is 5.56 Å². The molecule has 23 heavy (non-hydrogen) atoms. The van der Waals surface area contributed by atoms with Gasteiger partial charge < -0.3 is 4.98 Å². The maximum absolute atomic E-state index is 12.3. The van der Waals surface area contributed by atoms with E-state index in [4.69, 9.17) is 0 Å². The highest BCUT2D eigenvalue weighted by Crippen LogP contribution is 2.14. The molecule has 1 aromatic heterocycles. The molecule has 2 N–H and O–H groups in total. The van der Waals surface area contributed by atoms with Crippen LogP contribution < -0.4 is 11.0 Å². The van der Waals surface area contributed by atoms with Crippen molar-refractivity contribution in [1.82, 2.24) is 10.4 Å². The highest BCUT2D eigenvalue weighted by atomic mass is 79.9. The van der Waals surface area contributed by atoms with Crippen LogP contribution in [0.3, 0.4) is 0 Å². The summed E-state index contributed by atoms with van der Waals surface area (Å²) in [6.07, 6.45) is 1.54. The summed E-state index contributed by atoms with van der Waals surface area (Å²) in [5.41, 5.74) is 3.87. The van der Waals surface area contributed by atoms with E-state index in [0.29, 0.717) is 10.9 Å². The molecule has 0 saturated carbocycles. The minimum atomic E-state index is -0.430. The molecule has 1 heterocycles. The maximum atomic E-state index is 12.3. The van der Waals surface area contributed by atoms with Crippen LogP contribution in [-0.4, -0.2) is 17.1 Å². The molecule has 3 aromatic rings. The number of halogens is 1. The quantitative estimate of drug-likeness (QED) is 0.549. The van der Waals surface area contributed by atoms with E-state index in [2.05, 4.69) is 31.4 Å². The Hall–Kier alpha value is -2.73. The Morgan fingerprint density at radius 3 is 2.65 bits per heavy atom. The van der Waals surface area contributed by atoms with Gasteiger partial charge >= 0.3 is 0 Å². The normalized spacial score (nSPS) is 11.0. The van der Waals surface area contributed by atoms with Crippen molar-refractivity contribution in [3.63, 3.8) is 0 Å². The number of para-hydroxylation sites is 1. The number of aromatic nitrogens is 1. The highest BCUT2D eigenvalue weighted by Gasteiger charge is 2.10. The zero-order chi connectivity index (χ0) is 16.2. The second-order valence-electron chi connectivity index (χ2n) is 4.84. The molecular weight excluding hydrogens is 358 g/mol. The van der Waals surface area contributed by atoms with Gasteiger partial charge in [0.25, 0.3) is 5.91 Å². The molecule has 3 rings (SSSR count). The van der Waals surface area contributed by atoms with Gasteiger partial charge in [0, 0.05) is 21.4 Å². The Balaban J connectivity index is 1.83. The lowest BCUT2D eigenvalue weighted by Crippen LogP contribution is -2.20. The largest absolute Gasteiger partial charge is 0.322 e. The summed E-state index contributed by atoms with van der Waals surface area (Å²) in [5, 5.41) is 4.60. The fourth-order valence-electron chi connectivity index (χ4n) is 2.17. The van der Waals surface area contributed by atoms with Gasteiger partial charge in [0.05, 0.1) is 11.8 Å². The fraction of sp³-hybridized carbons (Fsp3) is 0. The summed E-state index contributed by atoms with van der Waals surface area (Å²) >= 11 is 3.35. The number of fused-ring (bicyclic) bond motifs is 1. The average Bonchev–Trinajstić information content (AvgIpc) is 2.55. The Labute approximate surface area is 140 Å². The van der Waals surface area contributed by atoms with E-state index in [0.717, 1.165) is 10.0 Å². The van der Waals surface area contributed by atoms with Crippen LogP contribution in [0.15, 0.2) is 69.0 Å². The number of rotatable bonds is 3. The van der Waals surface area contributed by atoms with Gasteiger partial charge in [-0.3, -0.25) is 9.59 Å². The molecule has 0 fully saturated rings. The molecule has 0 unspecified atom stereocenters. The van der Waals surface area contributed by atoms with Gasteiger partial charge in [0.15, 0.2) is 0 Å². The summed E-state index contributed by atoms with van der Waals surface area (Å²) < 4.78 is 0.966. The van der Waals surface area contributed by atoms with E-state index >= 15 is 0 Å². The Morgan fingerprint density at radius 1 is 1.13 bits per heavy atom. The van der Waals surface area contributed by atoms with Crippen LogP contribution in [0.1, 0.15) is 15.9 Å². The van der Waals surface area contributed by atoms with Crippen LogP contribution in [-0.2, 0) is 0 Å². The predicted molar refractivity (Wildman–Crippen MR) is 93.8 cm³/mol. The van der Waals surface area contributed by atoms with Crippen molar-refractivity contribution in [2.75, 3.05) is 0 Å². The number of carbonyl (C=O) groups excluding carboxylic acids is 1. The molecule has 0 spiro atoms. The molecule has 0 bridgehead atoms. The molecule has 0 aliphatic rings. The number of benzene rings is 2. The summed E-state index contributed by atoms with van der Waals surface area (Å²) in [7, 11) is 0. The maximum Gasteiger partial charge on any atom is 0.272 e. The van der Waals surface area contributed by atoms with Gasteiger partial charge in [0.1, 0.15) is 0 Å². The molecule has 0 radical (unpaired) electrons. The SMILES string of the molecule is O=C(N/N=C/c1ccc(Br)cc1)c1cc(=O)[nH]c2ccccc12. The lowest BCUT2D eigenvalue weighted by molar-refractivity contribution is 0.0956. The summed E-state index contributed by atoms with van der Waals surface area (Å²) in [6, 6.07) is 15.9. The molecule has 2 aromatic carbocycles. The van der Waals surface area contributed by atoms with Crippen LogP contribution in [0.25, 0.3) is 10.9 Å². The topological polar surface area (TPSA) is 74.3 Å². The molecule has 5 nitrogen and oxygen atoms in total. The number of hydrazone groups is 1. The number of carbonyl (C=O) groups is 1. The number of hydrogen-bond acceptors (Lipinski definition) is 3. The van der Waals surface area contributed by atoms with Gasteiger partial charge in [-0.15, -0.1) is 0 Å². The predicted octanol–water partition coefficient (Wildman–Crippen LogP) is 3.05. The number of hydrogen-bond donors (Lipinski definition) is 2. The van der Waals surface area contributed by atoms with E-state index in [1.54, 1.807) is 24.4 Å². The van der Waals surface area contributed by atoms with Crippen LogP contribution in [0, 0.1) is 0 Å². The van der Waals surface area contributed by atoms with Crippen molar-refractivity contribution >= 4 is 39.0 Å². The van der Waals surface area contributed by atoms with E-state index in [-0.39, 0.29) is 11.1 Å². The van der Waals surface area contributed by atoms with E-state index in [9.17, 15) is 9.59 Å². The zero-order valence-electron chi connectivity index (χ0n) is 11.9. The van der Waals surface area contributed by atoms with Gasteiger partial charge in [-0.1, -0.05) is 46.3 Å². The zero-order valence-corrected chi connectivity index (χ0v) is 13.5. The molecule has 6 heteroatoms. The number of H-pyrrole nitrogens is 1. The van der Waals surface area contributed by atoms with E-state index < -0.39 is 5.91 Å². The van der Waals surface area contributed by atoms with Crippen LogP contribution >= 0.6 is 15.9 Å². The monoisotopic (exact) mass is 369 g/mol. The van der Waals surface area contributed by atoms with Crippen molar-refractivity contribution in [2.45, 2.75) is 0 Å². The third kappa shape index (κ3) is 3.54. The van der Waals surface area contributed by atoms with Crippen molar-refractivity contribution in [2.24, 2.45) is 5.10 Å². The molecule has 0 atom stereocenters. The first-order valence-corrected chi connectivity index (χ1v) is 7.64. The molecule has 0 saturated heterocycles. The second-order valence-corrected chi connectivity index (χ2v) is 5.76. The van der Waals surface area contributed by atoms with Crippen LogP contribution in [0.4, 0.5) is 0 Å². The van der Waals surface area contributed by atoms with Gasteiger partial charge in [-0.2, -0.15) is 5.10 Å². The number of pyridine rings is 1. The minimum Gasteiger partial charge on any atom is -0.322 e. The van der Waals surface area contributed by atoms with Gasteiger partial charge in [-0.05, 0) is 23.8 Å². The summed E-state index contributed by atoms with van der Waals surface area (Å²) in [6.45, 7) is 0. The smallest absolute Gasteiger partial charge is 0.272 e. The number of nitrogens with zero attached hydrogens (tertiary/aromatic N) is 1.